The van der Waals surface area contributed by atoms with Crippen LogP contribution in [0.3, 0.4) is 0 Å². The minimum absolute atomic E-state index is 0.0748. The number of hydrogen-bond acceptors (Lipinski definition) is 4. The molecule has 0 bridgehead atoms. The highest BCUT2D eigenvalue weighted by Gasteiger charge is 2.42. The van der Waals surface area contributed by atoms with Crippen molar-refractivity contribution in [3.63, 3.8) is 0 Å². The average molecular weight is 299 g/mol. The number of nitrogens with zero attached hydrogens (tertiary/aromatic N) is 2. The number of ether oxygens (including phenoxy) is 2. The second-order valence-corrected chi connectivity index (χ2v) is 7.05. The van der Waals surface area contributed by atoms with E-state index in [1.165, 1.54) is 19.3 Å². The monoisotopic (exact) mass is 299 g/mol. The summed E-state index contributed by atoms with van der Waals surface area (Å²) in [5.41, 5.74) is 6.07. The van der Waals surface area contributed by atoms with E-state index in [4.69, 9.17) is 15.2 Å². The van der Waals surface area contributed by atoms with E-state index in [1.54, 1.807) is 0 Å². The molecule has 2 heterocycles. The predicted octanol–water partition coefficient (Wildman–Crippen LogP) is 1.43. The molecular formula is C14H25N3O2S. The van der Waals surface area contributed by atoms with Gasteiger partial charge in [-0.25, -0.2) is 0 Å². The summed E-state index contributed by atoms with van der Waals surface area (Å²) in [7, 11) is 0. The standard InChI is InChI=1S/C14H25N3O2S/c15-13(17-6-8-20-9-7-17)16-10-12-11-18-14(19-12)4-2-1-3-5-14/h12H,1-11H2,(H2,15,16). The highest BCUT2D eigenvalue weighted by molar-refractivity contribution is 7.99. The van der Waals surface area contributed by atoms with Gasteiger partial charge < -0.3 is 20.1 Å². The molecule has 1 aliphatic carbocycles. The van der Waals surface area contributed by atoms with E-state index in [1.807, 2.05) is 11.8 Å². The van der Waals surface area contributed by atoms with Gasteiger partial charge in [-0.15, -0.1) is 0 Å². The molecule has 0 aromatic rings. The summed E-state index contributed by atoms with van der Waals surface area (Å²) in [6, 6.07) is 0. The minimum Gasteiger partial charge on any atom is -0.370 e. The van der Waals surface area contributed by atoms with E-state index in [0.717, 1.165) is 37.4 Å². The zero-order valence-electron chi connectivity index (χ0n) is 12.1. The first kappa shape index (κ1) is 14.5. The van der Waals surface area contributed by atoms with Crippen LogP contribution in [0.2, 0.25) is 0 Å². The zero-order chi connectivity index (χ0) is 13.8. The van der Waals surface area contributed by atoms with Crippen molar-refractivity contribution in [3.05, 3.63) is 0 Å². The van der Waals surface area contributed by atoms with Gasteiger partial charge in [0.15, 0.2) is 11.7 Å². The van der Waals surface area contributed by atoms with E-state index >= 15 is 0 Å². The first-order chi connectivity index (χ1) is 9.77. The van der Waals surface area contributed by atoms with Crippen molar-refractivity contribution in [1.29, 1.82) is 0 Å². The molecule has 0 aromatic heterocycles. The number of hydrogen-bond donors (Lipinski definition) is 1. The van der Waals surface area contributed by atoms with Gasteiger partial charge in [-0.05, 0) is 12.8 Å². The van der Waals surface area contributed by atoms with E-state index in [0.29, 0.717) is 19.1 Å². The fourth-order valence-electron chi connectivity index (χ4n) is 3.15. The van der Waals surface area contributed by atoms with Crippen molar-refractivity contribution >= 4 is 17.7 Å². The van der Waals surface area contributed by atoms with Gasteiger partial charge in [0.2, 0.25) is 0 Å². The molecule has 20 heavy (non-hydrogen) atoms. The summed E-state index contributed by atoms with van der Waals surface area (Å²) >= 11 is 1.98. The SMILES string of the molecule is NC(=NCC1COC2(CCCCC2)O1)N1CCSCC1. The number of guanidine groups is 1. The molecule has 1 spiro atoms. The number of rotatable bonds is 2. The van der Waals surface area contributed by atoms with Crippen LogP contribution in [0, 0.1) is 0 Å². The fraction of sp³-hybridized carbons (Fsp3) is 0.929. The Balaban J connectivity index is 1.48. The van der Waals surface area contributed by atoms with E-state index < -0.39 is 0 Å². The van der Waals surface area contributed by atoms with Gasteiger partial charge in [0.25, 0.3) is 0 Å². The molecule has 0 radical (unpaired) electrons. The Morgan fingerprint density at radius 1 is 1.25 bits per heavy atom. The van der Waals surface area contributed by atoms with Gasteiger partial charge in [0.1, 0.15) is 6.10 Å². The first-order valence-corrected chi connectivity index (χ1v) is 8.87. The van der Waals surface area contributed by atoms with E-state index in [-0.39, 0.29) is 11.9 Å². The van der Waals surface area contributed by atoms with Crippen LogP contribution >= 0.6 is 11.8 Å². The van der Waals surface area contributed by atoms with Crippen molar-refractivity contribution < 1.29 is 9.47 Å². The van der Waals surface area contributed by atoms with Crippen LogP contribution in [-0.4, -0.2) is 60.5 Å². The first-order valence-electron chi connectivity index (χ1n) is 7.72. The van der Waals surface area contributed by atoms with E-state index in [2.05, 4.69) is 9.89 Å². The summed E-state index contributed by atoms with van der Waals surface area (Å²) in [6.07, 6.45) is 5.87. The maximum atomic E-state index is 6.12. The van der Waals surface area contributed by atoms with E-state index in [9.17, 15) is 0 Å². The largest absolute Gasteiger partial charge is 0.370 e. The van der Waals surface area contributed by atoms with Crippen LogP contribution in [-0.2, 0) is 9.47 Å². The Kier molecular flexibility index (Phi) is 4.73. The molecule has 0 amide bonds. The van der Waals surface area contributed by atoms with Crippen molar-refractivity contribution in [2.45, 2.75) is 44.0 Å². The summed E-state index contributed by atoms with van der Waals surface area (Å²) in [6.45, 7) is 3.29. The van der Waals surface area contributed by atoms with Crippen molar-refractivity contribution in [3.8, 4) is 0 Å². The second kappa shape index (κ2) is 6.54. The predicted molar refractivity (Wildman–Crippen MR) is 82.0 cm³/mol. The topological polar surface area (TPSA) is 60.1 Å². The lowest BCUT2D eigenvalue weighted by molar-refractivity contribution is -0.186. The van der Waals surface area contributed by atoms with Crippen molar-refractivity contribution in [2.24, 2.45) is 10.7 Å². The van der Waals surface area contributed by atoms with Crippen LogP contribution in [0.5, 0.6) is 0 Å². The van der Waals surface area contributed by atoms with Crippen molar-refractivity contribution in [2.75, 3.05) is 37.7 Å². The van der Waals surface area contributed by atoms with Crippen LogP contribution in [0.4, 0.5) is 0 Å². The molecule has 2 aliphatic heterocycles. The molecular weight excluding hydrogens is 274 g/mol. The molecule has 3 aliphatic rings. The van der Waals surface area contributed by atoms with Crippen LogP contribution in [0.1, 0.15) is 32.1 Å². The summed E-state index contributed by atoms with van der Waals surface area (Å²) in [4.78, 5) is 6.68. The molecule has 3 fully saturated rings. The molecule has 5 nitrogen and oxygen atoms in total. The Bertz CT molecular complexity index is 352. The Morgan fingerprint density at radius 3 is 2.75 bits per heavy atom. The Hall–Kier alpha value is -0.460. The van der Waals surface area contributed by atoms with Crippen LogP contribution < -0.4 is 5.73 Å². The molecule has 114 valence electrons. The summed E-state index contributed by atoms with van der Waals surface area (Å²) in [5, 5.41) is 0. The van der Waals surface area contributed by atoms with Gasteiger partial charge in [-0.1, -0.05) is 6.42 Å². The maximum Gasteiger partial charge on any atom is 0.191 e. The molecule has 1 saturated carbocycles. The summed E-state index contributed by atoms with van der Waals surface area (Å²) < 4.78 is 12.0. The smallest absolute Gasteiger partial charge is 0.191 e. The van der Waals surface area contributed by atoms with Gasteiger partial charge in [-0.2, -0.15) is 11.8 Å². The molecule has 3 rings (SSSR count). The van der Waals surface area contributed by atoms with Gasteiger partial charge in [-0.3, -0.25) is 4.99 Å². The third-order valence-electron chi connectivity index (χ3n) is 4.32. The van der Waals surface area contributed by atoms with Gasteiger partial charge in [0.05, 0.1) is 13.2 Å². The second-order valence-electron chi connectivity index (χ2n) is 5.82. The fourth-order valence-corrected chi connectivity index (χ4v) is 4.05. The summed E-state index contributed by atoms with van der Waals surface area (Å²) in [5.74, 6) is 2.65. The maximum absolute atomic E-state index is 6.12. The molecule has 0 aromatic carbocycles. The van der Waals surface area contributed by atoms with Crippen LogP contribution in [0.15, 0.2) is 4.99 Å². The average Bonchev–Trinajstić information content (AvgIpc) is 2.89. The highest BCUT2D eigenvalue weighted by Crippen LogP contribution is 2.37. The third kappa shape index (κ3) is 3.40. The number of nitrogens with two attached hydrogens (primary N) is 1. The Labute approximate surface area is 125 Å². The lowest BCUT2D eigenvalue weighted by Crippen LogP contribution is -2.43. The zero-order valence-corrected chi connectivity index (χ0v) is 12.9. The molecule has 1 unspecified atom stereocenters. The normalized spacial score (nSPS) is 30.9. The lowest BCUT2D eigenvalue weighted by atomic mass is 9.94. The van der Waals surface area contributed by atoms with Gasteiger partial charge >= 0.3 is 0 Å². The lowest BCUT2D eigenvalue weighted by Gasteiger charge is -2.31. The molecule has 2 saturated heterocycles. The highest BCUT2D eigenvalue weighted by atomic mass is 32.2. The molecule has 2 N–H and O–H groups in total. The number of thioether (sulfide) groups is 1. The van der Waals surface area contributed by atoms with Gasteiger partial charge in [0, 0.05) is 37.4 Å². The number of aliphatic imine (C=N–C) groups is 1. The molecule has 6 heteroatoms. The molecule has 1 atom stereocenters. The van der Waals surface area contributed by atoms with Crippen LogP contribution in [0.25, 0.3) is 0 Å². The quantitative estimate of drug-likeness (QED) is 0.617. The van der Waals surface area contributed by atoms with Crippen molar-refractivity contribution in [1.82, 2.24) is 4.90 Å². The Morgan fingerprint density at radius 2 is 2.00 bits per heavy atom. The minimum atomic E-state index is -0.297. The third-order valence-corrected chi connectivity index (χ3v) is 5.26.